The average Bonchev–Trinajstić information content (AvgIpc) is 2.57. The Morgan fingerprint density at radius 3 is 2.94 bits per heavy atom. The Kier molecular flexibility index (Phi) is 3.55. The molecule has 3 nitrogen and oxygen atoms in total. The Hall–Kier alpha value is -0.860. The third-order valence-corrected chi connectivity index (χ3v) is 4.83. The Bertz CT molecular complexity index is 323. The predicted molar refractivity (Wildman–Crippen MR) is 64.4 cm³/mol. The van der Waals surface area contributed by atoms with Crippen molar-refractivity contribution in [3.63, 3.8) is 0 Å². The quantitative estimate of drug-likeness (QED) is 0.710. The number of hydrogen-bond donors (Lipinski definition) is 0. The van der Waals surface area contributed by atoms with E-state index in [9.17, 15) is 9.59 Å². The molecule has 0 aromatic rings. The van der Waals surface area contributed by atoms with E-state index in [0.29, 0.717) is 18.3 Å². The summed E-state index contributed by atoms with van der Waals surface area (Å²) in [5.74, 6) is 1.09. The maximum absolute atomic E-state index is 11.9. The zero-order chi connectivity index (χ0) is 12.5. The van der Waals surface area contributed by atoms with Crippen molar-refractivity contribution in [1.82, 2.24) is 0 Å². The van der Waals surface area contributed by atoms with Gasteiger partial charge in [-0.2, -0.15) is 0 Å². The fourth-order valence-corrected chi connectivity index (χ4v) is 3.86. The largest absolute Gasteiger partial charge is 0.466 e. The number of Topliss-reactive ketones (excluding diaryl/α,β-unsaturated/α-hetero) is 1. The van der Waals surface area contributed by atoms with Crippen molar-refractivity contribution in [1.29, 1.82) is 0 Å². The van der Waals surface area contributed by atoms with Crippen LogP contribution in [-0.4, -0.2) is 18.4 Å². The second-order valence-electron chi connectivity index (χ2n) is 5.78. The Balaban J connectivity index is 1.95. The minimum Gasteiger partial charge on any atom is -0.466 e. The molecule has 2 saturated carbocycles. The monoisotopic (exact) mass is 238 g/mol. The van der Waals surface area contributed by atoms with E-state index in [1.807, 2.05) is 0 Å². The zero-order valence-electron chi connectivity index (χ0n) is 10.8. The van der Waals surface area contributed by atoms with Crippen LogP contribution in [0.1, 0.15) is 52.4 Å². The highest BCUT2D eigenvalue weighted by atomic mass is 16.5. The molecular weight excluding hydrogens is 216 g/mol. The van der Waals surface area contributed by atoms with Gasteiger partial charge in [0.1, 0.15) is 5.78 Å². The summed E-state index contributed by atoms with van der Waals surface area (Å²) in [5.41, 5.74) is 0.176. The van der Waals surface area contributed by atoms with Crippen LogP contribution in [0.4, 0.5) is 0 Å². The first kappa shape index (κ1) is 12.6. The first-order chi connectivity index (χ1) is 8.04. The van der Waals surface area contributed by atoms with Gasteiger partial charge in [-0.05, 0) is 43.4 Å². The summed E-state index contributed by atoms with van der Waals surface area (Å²) < 4.78 is 5.03. The van der Waals surface area contributed by atoms with Crippen LogP contribution in [0.15, 0.2) is 0 Å². The van der Waals surface area contributed by atoms with Gasteiger partial charge in [0.25, 0.3) is 0 Å². The molecular formula is C14H22O3. The number of esters is 1. The summed E-state index contributed by atoms with van der Waals surface area (Å²) in [6.07, 6.45) is 6.05. The van der Waals surface area contributed by atoms with Crippen molar-refractivity contribution in [2.24, 2.45) is 17.3 Å². The number of carbonyl (C=O) groups excluding carboxylic acids is 2. The maximum Gasteiger partial charge on any atom is 0.302 e. The van der Waals surface area contributed by atoms with Crippen LogP contribution in [0.3, 0.4) is 0 Å². The predicted octanol–water partition coefficient (Wildman–Crippen LogP) is 2.73. The number of rotatable bonds is 3. The average molecular weight is 238 g/mol. The summed E-state index contributed by atoms with van der Waals surface area (Å²) in [6.45, 7) is 4.22. The fourth-order valence-electron chi connectivity index (χ4n) is 3.86. The third kappa shape index (κ3) is 2.38. The van der Waals surface area contributed by atoms with Gasteiger partial charge in [0, 0.05) is 19.3 Å². The van der Waals surface area contributed by atoms with Crippen molar-refractivity contribution < 1.29 is 14.3 Å². The molecule has 0 saturated heterocycles. The highest BCUT2D eigenvalue weighted by Crippen LogP contribution is 2.55. The lowest BCUT2D eigenvalue weighted by atomic mass is 9.64. The van der Waals surface area contributed by atoms with Gasteiger partial charge in [-0.3, -0.25) is 9.59 Å². The molecule has 17 heavy (non-hydrogen) atoms. The Morgan fingerprint density at radius 1 is 1.47 bits per heavy atom. The first-order valence-electron chi connectivity index (χ1n) is 6.70. The van der Waals surface area contributed by atoms with Gasteiger partial charge < -0.3 is 4.74 Å². The van der Waals surface area contributed by atoms with E-state index in [1.165, 1.54) is 6.92 Å². The normalized spacial score (nSPS) is 36.7. The second-order valence-corrected chi connectivity index (χ2v) is 5.78. The van der Waals surface area contributed by atoms with Crippen LogP contribution in [-0.2, 0) is 14.3 Å². The van der Waals surface area contributed by atoms with Crippen LogP contribution in [0.25, 0.3) is 0 Å². The standard InChI is InChI=1S/C14H22O3/c1-10(15)17-9-7-11-5-6-12-13(16)4-3-8-14(11,12)2/h11-12H,3-9H2,1-2H3/t11-,12+,14-/m1/s1. The van der Waals surface area contributed by atoms with Gasteiger partial charge in [0.15, 0.2) is 0 Å². The summed E-state index contributed by atoms with van der Waals surface area (Å²) in [7, 11) is 0. The van der Waals surface area contributed by atoms with Crippen LogP contribution in [0, 0.1) is 17.3 Å². The molecule has 2 aliphatic carbocycles. The maximum atomic E-state index is 11.9. The summed E-state index contributed by atoms with van der Waals surface area (Å²) in [4.78, 5) is 22.7. The molecule has 0 amide bonds. The van der Waals surface area contributed by atoms with Crippen LogP contribution in [0.2, 0.25) is 0 Å². The van der Waals surface area contributed by atoms with Gasteiger partial charge in [-0.1, -0.05) is 6.92 Å². The van der Waals surface area contributed by atoms with Crippen molar-refractivity contribution in [3.05, 3.63) is 0 Å². The summed E-state index contributed by atoms with van der Waals surface area (Å²) in [5, 5.41) is 0. The van der Waals surface area contributed by atoms with Crippen molar-refractivity contribution in [3.8, 4) is 0 Å². The van der Waals surface area contributed by atoms with E-state index in [1.54, 1.807) is 0 Å². The fraction of sp³-hybridized carbons (Fsp3) is 0.857. The molecule has 0 heterocycles. The van der Waals surface area contributed by atoms with Gasteiger partial charge in [0.2, 0.25) is 0 Å². The second kappa shape index (κ2) is 4.79. The van der Waals surface area contributed by atoms with Crippen molar-refractivity contribution in [2.75, 3.05) is 6.61 Å². The minimum absolute atomic E-state index is 0.176. The molecule has 96 valence electrons. The SMILES string of the molecule is CC(=O)OCC[C@H]1CC[C@H]2C(=O)CCC[C@]12C. The molecule has 0 radical (unpaired) electrons. The Morgan fingerprint density at radius 2 is 2.24 bits per heavy atom. The number of fused-ring (bicyclic) bond motifs is 1. The number of ether oxygens (including phenoxy) is 1. The molecule has 3 heteroatoms. The van der Waals surface area contributed by atoms with Gasteiger partial charge in [-0.25, -0.2) is 0 Å². The molecule has 3 atom stereocenters. The number of ketones is 1. The van der Waals surface area contributed by atoms with E-state index in [-0.39, 0.29) is 17.3 Å². The molecule has 0 aromatic heterocycles. The van der Waals surface area contributed by atoms with Gasteiger partial charge in [0.05, 0.1) is 6.61 Å². The minimum atomic E-state index is -0.204. The third-order valence-electron chi connectivity index (χ3n) is 4.83. The van der Waals surface area contributed by atoms with Crippen LogP contribution < -0.4 is 0 Å². The molecule has 0 N–H and O–H groups in total. The first-order valence-corrected chi connectivity index (χ1v) is 6.70. The molecule has 0 spiro atoms. The lowest BCUT2D eigenvalue weighted by Crippen LogP contribution is -2.37. The van der Waals surface area contributed by atoms with E-state index in [0.717, 1.165) is 38.5 Å². The molecule has 0 aromatic carbocycles. The zero-order valence-corrected chi connectivity index (χ0v) is 10.8. The Labute approximate surface area is 103 Å². The lowest BCUT2D eigenvalue weighted by molar-refractivity contribution is -0.142. The van der Waals surface area contributed by atoms with Crippen molar-refractivity contribution in [2.45, 2.75) is 52.4 Å². The van der Waals surface area contributed by atoms with Crippen LogP contribution >= 0.6 is 0 Å². The molecule has 2 fully saturated rings. The summed E-state index contributed by atoms with van der Waals surface area (Å²) in [6, 6.07) is 0. The smallest absolute Gasteiger partial charge is 0.302 e. The number of carbonyl (C=O) groups is 2. The van der Waals surface area contributed by atoms with E-state index in [4.69, 9.17) is 4.74 Å². The molecule has 2 aliphatic rings. The van der Waals surface area contributed by atoms with Gasteiger partial charge in [-0.15, -0.1) is 0 Å². The highest BCUT2D eigenvalue weighted by Gasteiger charge is 2.50. The van der Waals surface area contributed by atoms with E-state index < -0.39 is 0 Å². The number of hydrogen-bond acceptors (Lipinski definition) is 3. The topological polar surface area (TPSA) is 43.4 Å². The molecule has 2 rings (SSSR count). The van der Waals surface area contributed by atoms with Crippen LogP contribution in [0.5, 0.6) is 0 Å². The molecule has 0 aliphatic heterocycles. The lowest BCUT2D eigenvalue weighted by Gasteiger charge is -2.39. The van der Waals surface area contributed by atoms with E-state index >= 15 is 0 Å². The van der Waals surface area contributed by atoms with E-state index in [2.05, 4.69) is 6.92 Å². The molecule has 0 bridgehead atoms. The molecule has 0 unspecified atom stereocenters. The van der Waals surface area contributed by atoms with Gasteiger partial charge >= 0.3 is 5.97 Å². The van der Waals surface area contributed by atoms with Crippen molar-refractivity contribution >= 4 is 11.8 Å². The summed E-state index contributed by atoms with van der Waals surface area (Å²) >= 11 is 0. The highest BCUT2D eigenvalue weighted by molar-refractivity contribution is 5.83.